The van der Waals surface area contributed by atoms with Crippen molar-refractivity contribution in [1.29, 1.82) is 0 Å². The maximum atomic E-state index is 13.8. The number of carbonyl (C=O) groups excluding carboxylic acids is 3. The van der Waals surface area contributed by atoms with Crippen LogP contribution in [0.1, 0.15) is 54.2 Å². The molecule has 14 heteroatoms. The Balaban J connectivity index is 1.44. The highest BCUT2D eigenvalue weighted by Crippen LogP contribution is 2.43. The molecule has 1 aromatic carbocycles. The van der Waals surface area contributed by atoms with E-state index in [-0.39, 0.29) is 33.1 Å². The van der Waals surface area contributed by atoms with Crippen molar-refractivity contribution in [2.24, 2.45) is 12.8 Å². The molecule has 3 N–H and O–H groups in total. The lowest BCUT2D eigenvalue weighted by Gasteiger charge is -2.10. The number of alkyl halides is 2. The molecule has 0 spiro atoms. The summed E-state index contributed by atoms with van der Waals surface area (Å²) in [5, 5.41) is 7.13. The van der Waals surface area contributed by atoms with E-state index >= 15 is 0 Å². The summed E-state index contributed by atoms with van der Waals surface area (Å²) in [5.41, 5.74) is 7.00. The van der Waals surface area contributed by atoms with Gasteiger partial charge in [0.15, 0.2) is 5.76 Å². The summed E-state index contributed by atoms with van der Waals surface area (Å²) in [6.45, 7) is 1.74. The van der Waals surface area contributed by atoms with E-state index in [1.165, 1.54) is 25.4 Å². The number of amides is 2. The number of hydrogen-bond acceptors (Lipinski definition) is 9. The van der Waals surface area contributed by atoms with Gasteiger partial charge in [-0.05, 0) is 55.0 Å². The summed E-state index contributed by atoms with van der Waals surface area (Å²) in [6.07, 6.45) is -1.37. The van der Waals surface area contributed by atoms with Gasteiger partial charge in [-0.15, -0.1) is 11.3 Å². The number of nitrogens with one attached hydrogen (secondary N) is 1. The molecule has 4 aromatic heterocycles. The molecular weight excluding hydrogens is 572 g/mol. The molecule has 4 heterocycles. The number of rotatable bonds is 9. The fourth-order valence-electron chi connectivity index (χ4n) is 4.21. The number of carbonyl (C=O) groups is 3. The largest absolute Gasteiger partial charge is 0.486 e. The SMILES string of the molecule is COC(=O)c1ccc(OCc2ccc(C(=O)Nc3c(C(N)=O)sc4nc(C(F)F)cc(-c5cnn(C)c5C)c34)o2)cc1. The molecular formula is C28H23F2N5O6S. The van der Waals surface area contributed by atoms with Crippen molar-refractivity contribution >= 4 is 45.0 Å². The van der Waals surface area contributed by atoms with E-state index < -0.39 is 29.9 Å². The van der Waals surface area contributed by atoms with Crippen LogP contribution in [0.25, 0.3) is 21.3 Å². The summed E-state index contributed by atoms with van der Waals surface area (Å²) >= 11 is 0.797. The molecule has 0 aliphatic heterocycles. The first kappa shape index (κ1) is 28.4. The van der Waals surface area contributed by atoms with E-state index in [1.807, 2.05) is 0 Å². The van der Waals surface area contributed by atoms with E-state index in [4.69, 9.17) is 14.9 Å². The topological polar surface area (TPSA) is 152 Å². The Hall–Kier alpha value is -5.11. The first-order valence-electron chi connectivity index (χ1n) is 12.3. The molecule has 0 aliphatic rings. The molecule has 0 saturated carbocycles. The highest BCUT2D eigenvalue weighted by atomic mass is 32.1. The second kappa shape index (κ2) is 11.4. The van der Waals surface area contributed by atoms with Crippen LogP contribution < -0.4 is 15.8 Å². The van der Waals surface area contributed by atoms with Crippen molar-refractivity contribution in [2.45, 2.75) is 20.0 Å². The monoisotopic (exact) mass is 595 g/mol. The van der Waals surface area contributed by atoms with Gasteiger partial charge in [0, 0.05) is 23.7 Å². The molecule has 216 valence electrons. The normalized spacial score (nSPS) is 11.2. The molecule has 5 aromatic rings. The van der Waals surface area contributed by atoms with Crippen molar-refractivity contribution in [3.05, 3.63) is 82.0 Å². The summed E-state index contributed by atoms with van der Waals surface area (Å²) < 4.78 is 45.0. The number of furan rings is 1. The third-order valence-corrected chi connectivity index (χ3v) is 7.53. The Kier molecular flexibility index (Phi) is 7.72. The Bertz CT molecular complexity index is 1830. The number of aromatic nitrogens is 3. The second-order valence-electron chi connectivity index (χ2n) is 9.04. The van der Waals surface area contributed by atoms with Gasteiger partial charge in [-0.1, -0.05) is 0 Å². The van der Waals surface area contributed by atoms with Crippen molar-refractivity contribution < 1.29 is 37.1 Å². The van der Waals surface area contributed by atoms with E-state index in [2.05, 4.69) is 20.1 Å². The third kappa shape index (κ3) is 5.43. The molecule has 0 bridgehead atoms. The van der Waals surface area contributed by atoms with Gasteiger partial charge in [0.2, 0.25) is 0 Å². The molecule has 0 saturated heterocycles. The Morgan fingerprint density at radius 1 is 1.14 bits per heavy atom. The molecule has 0 atom stereocenters. The molecule has 0 fully saturated rings. The van der Waals surface area contributed by atoms with E-state index in [9.17, 15) is 23.2 Å². The van der Waals surface area contributed by atoms with Crippen LogP contribution in [-0.2, 0) is 18.4 Å². The number of nitrogens with two attached hydrogens (primary N) is 1. The average molecular weight is 596 g/mol. The molecule has 11 nitrogen and oxygen atoms in total. The minimum absolute atomic E-state index is 0.0243. The van der Waals surface area contributed by atoms with Gasteiger partial charge in [-0.3, -0.25) is 14.3 Å². The van der Waals surface area contributed by atoms with Crippen LogP contribution in [0.4, 0.5) is 14.5 Å². The number of pyridine rings is 1. The van der Waals surface area contributed by atoms with Crippen molar-refractivity contribution in [1.82, 2.24) is 14.8 Å². The van der Waals surface area contributed by atoms with Crippen LogP contribution in [0.2, 0.25) is 0 Å². The molecule has 0 unspecified atom stereocenters. The third-order valence-electron chi connectivity index (χ3n) is 6.44. The van der Waals surface area contributed by atoms with Gasteiger partial charge < -0.3 is 24.9 Å². The fraction of sp³-hybridized carbons (Fsp3) is 0.179. The van der Waals surface area contributed by atoms with Gasteiger partial charge >= 0.3 is 5.97 Å². The highest BCUT2D eigenvalue weighted by molar-refractivity contribution is 7.21. The van der Waals surface area contributed by atoms with Crippen LogP contribution in [-0.4, -0.2) is 39.7 Å². The number of fused-ring (bicyclic) bond motifs is 1. The average Bonchev–Trinajstić information content (AvgIpc) is 3.69. The van der Waals surface area contributed by atoms with Crippen molar-refractivity contribution in [3.8, 4) is 16.9 Å². The second-order valence-corrected chi connectivity index (χ2v) is 10.0. The lowest BCUT2D eigenvalue weighted by molar-refractivity contribution is 0.0600. The predicted octanol–water partition coefficient (Wildman–Crippen LogP) is 5.25. The standard InChI is InChI=1S/C28H23F2N5O6S/c1-13-18(11-32-35(13)2)17-10-19(24(29)30)33-27-21(17)22(23(42-27)25(31)36)34-26(37)20-9-8-16(41-20)12-40-15-6-4-14(5-7-15)28(38)39-3/h4-11,24H,12H2,1-3H3,(H2,31,36)(H,34,37). The van der Waals surface area contributed by atoms with E-state index in [0.29, 0.717) is 33.9 Å². The summed E-state index contributed by atoms with van der Waals surface area (Å²) in [7, 11) is 2.99. The van der Waals surface area contributed by atoms with Gasteiger partial charge in [0.05, 0.1) is 24.6 Å². The zero-order valence-corrected chi connectivity index (χ0v) is 23.3. The quantitative estimate of drug-likeness (QED) is 0.219. The number of primary amides is 1. The number of benzene rings is 1. The van der Waals surface area contributed by atoms with Crippen LogP contribution in [0.5, 0.6) is 5.75 Å². The first-order chi connectivity index (χ1) is 20.1. The van der Waals surface area contributed by atoms with Crippen molar-refractivity contribution in [2.75, 3.05) is 12.4 Å². The van der Waals surface area contributed by atoms with E-state index in [0.717, 1.165) is 11.3 Å². The number of hydrogen-bond donors (Lipinski definition) is 2. The number of nitrogens with zero attached hydrogens (tertiary/aromatic N) is 3. The number of anilines is 1. The minimum Gasteiger partial charge on any atom is -0.486 e. The van der Waals surface area contributed by atoms with Crippen LogP contribution in [0.15, 0.2) is 53.1 Å². The summed E-state index contributed by atoms with van der Waals surface area (Å²) in [5.74, 6) is -1.38. The van der Waals surface area contributed by atoms with Gasteiger partial charge in [-0.25, -0.2) is 18.6 Å². The molecule has 0 aliphatic carbocycles. The smallest absolute Gasteiger partial charge is 0.337 e. The number of halogens is 2. The maximum Gasteiger partial charge on any atom is 0.337 e. The van der Waals surface area contributed by atoms with Gasteiger partial charge in [0.1, 0.15) is 33.5 Å². The number of thiophene rings is 1. The Labute approximate surface area is 240 Å². The summed E-state index contributed by atoms with van der Waals surface area (Å²) in [6, 6.07) is 10.4. The van der Waals surface area contributed by atoms with Crippen LogP contribution in [0.3, 0.4) is 0 Å². The highest BCUT2D eigenvalue weighted by Gasteiger charge is 2.27. The zero-order valence-electron chi connectivity index (χ0n) is 22.4. The van der Waals surface area contributed by atoms with Crippen LogP contribution in [0, 0.1) is 6.92 Å². The van der Waals surface area contributed by atoms with Gasteiger partial charge in [-0.2, -0.15) is 5.10 Å². The Morgan fingerprint density at radius 2 is 1.88 bits per heavy atom. The number of aryl methyl sites for hydroxylation is 1. The predicted molar refractivity (Wildman–Crippen MR) is 149 cm³/mol. The minimum atomic E-state index is -2.88. The maximum absolute atomic E-state index is 13.8. The van der Waals surface area contributed by atoms with Gasteiger partial charge in [0.25, 0.3) is 18.2 Å². The zero-order chi connectivity index (χ0) is 30.1. The molecule has 5 rings (SSSR count). The number of esters is 1. The Morgan fingerprint density at radius 3 is 2.50 bits per heavy atom. The summed E-state index contributed by atoms with van der Waals surface area (Å²) in [4.78, 5) is 41.3. The number of ether oxygens (including phenoxy) is 2. The lowest BCUT2D eigenvalue weighted by Crippen LogP contribution is -2.16. The number of methoxy groups -OCH3 is 1. The molecule has 0 radical (unpaired) electrons. The lowest BCUT2D eigenvalue weighted by atomic mass is 10.0. The first-order valence-corrected chi connectivity index (χ1v) is 13.1. The molecule has 42 heavy (non-hydrogen) atoms. The van der Waals surface area contributed by atoms with Crippen molar-refractivity contribution in [3.63, 3.8) is 0 Å². The van der Waals surface area contributed by atoms with E-state index in [1.54, 1.807) is 49.0 Å². The van der Waals surface area contributed by atoms with Crippen LogP contribution >= 0.6 is 11.3 Å². The molecule has 2 amide bonds. The fourth-order valence-corrected chi connectivity index (χ4v) is 5.22.